The number of nitrogens with zero attached hydrogens (tertiary/aromatic N) is 2. The summed E-state index contributed by atoms with van der Waals surface area (Å²) in [4.78, 5) is 16.8. The molecule has 2 aromatic carbocycles. The number of imidazole rings is 1. The lowest BCUT2D eigenvalue weighted by Gasteiger charge is -2.12. The summed E-state index contributed by atoms with van der Waals surface area (Å²) in [6, 6.07) is 14.8. The number of hydrogen-bond acceptors (Lipinski definition) is 5. The molecule has 0 aliphatic heterocycles. The summed E-state index contributed by atoms with van der Waals surface area (Å²) in [7, 11) is 3.30. The van der Waals surface area contributed by atoms with Gasteiger partial charge >= 0.3 is 0 Å². The molecular weight excluding hydrogens is 410 g/mol. The average Bonchev–Trinajstić information content (AvgIpc) is 3.15. The van der Waals surface area contributed by atoms with Crippen molar-refractivity contribution in [3.8, 4) is 17.0 Å². The molecule has 0 spiro atoms. The molecule has 1 aromatic heterocycles. The lowest BCUT2D eigenvalue weighted by molar-refractivity contribution is -0.113. The normalized spacial score (nSPS) is 10.7. The molecule has 0 bridgehead atoms. The number of nitrogens with one attached hydrogen (secondary N) is 1. The van der Waals surface area contributed by atoms with Gasteiger partial charge in [-0.1, -0.05) is 23.4 Å². The van der Waals surface area contributed by atoms with Crippen LogP contribution in [0.25, 0.3) is 11.3 Å². The van der Waals surface area contributed by atoms with Crippen molar-refractivity contribution in [1.29, 1.82) is 0 Å². The van der Waals surface area contributed by atoms with Crippen LogP contribution in [-0.2, 0) is 16.1 Å². The monoisotopic (exact) mass is 431 g/mol. The first-order chi connectivity index (χ1) is 14.1. The number of carbonyl (C=O) groups is 1. The van der Waals surface area contributed by atoms with Crippen molar-refractivity contribution >= 4 is 35.0 Å². The first-order valence-corrected chi connectivity index (χ1v) is 10.3. The number of halogens is 1. The number of anilines is 1. The van der Waals surface area contributed by atoms with E-state index in [4.69, 9.17) is 21.1 Å². The Hall–Kier alpha value is -2.48. The van der Waals surface area contributed by atoms with Gasteiger partial charge in [-0.25, -0.2) is 4.98 Å². The van der Waals surface area contributed by atoms with Crippen LogP contribution in [0.5, 0.6) is 5.75 Å². The predicted molar refractivity (Wildman–Crippen MR) is 117 cm³/mol. The highest BCUT2D eigenvalue weighted by molar-refractivity contribution is 7.99. The molecule has 0 saturated carbocycles. The number of methoxy groups -OCH3 is 2. The second-order valence-electron chi connectivity index (χ2n) is 6.14. The summed E-state index contributed by atoms with van der Waals surface area (Å²) >= 11 is 7.26. The third-order valence-electron chi connectivity index (χ3n) is 4.18. The molecule has 0 fully saturated rings. The molecule has 1 heterocycles. The Kier molecular flexibility index (Phi) is 7.57. The van der Waals surface area contributed by atoms with Gasteiger partial charge in [-0.15, -0.1) is 0 Å². The molecule has 0 unspecified atom stereocenters. The highest BCUT2D eigenvalue weighted by Crippen LogP contribution is 2.27. The summed E-state index contributed by atoms with van der Waals surface area (Å²) in [5.74, 6) is 0.934. The van der Waals surface area contributed by atoms with E-state index in [1.54, 1.807) is 38.5 Å². The lowest BCUT2D eigenvalue weighted by Crippen LogP contribution is -2.15. The molecule has 0 aliphatic carbocycles. The number of benzene rings is 2. The van der Waals surface area contributed by atoms with Gasteiger partial charge in [0.15, 0.2) is 5.16 Å². The smallest absolute Gasteiger partial charge is 0.234 e. The molecular formula is C21H22ClN3O3S. The molecule has 0 saturated heterocycles. The highest BCUT2D eigenvalue weighted by atomic mass is 35.5. The maximum absolute atomic E-state index is 12.3. The molecule has 0 radical (unpaired) electrons. The first-order valence-electron chi connectivity index (χ1n) is 8.98. The van der Waals surface area contributed by atoms with Gasteiger partial charge in [-0.3, -0.25) is 4.79 Å². The van der Waals surface area contributed by atoms with Gasteiger partial charge in [0.1, 0.15) is 5.75 Å². The summed E-state index contributed by atoms with van der Waals surface area (Å²) in [6.07, 6.45) is 1.82. The molecule has 3 rings (SSSR count). The van der Waals surface area contributed by atoms with E-state index in [1.807, 2.05) is 30.5 Å². The molecule has 3 aromatic rings. The number of aromatic nitrogens is 2. The fourth-order valence-electron chi connectivity index (χ4n) is 2.73. The quantitative estimate of drug-likeness (QED) is 0.502. The maximum atomic E-state index is 12.3. The van der Waals surface area contributed by atoms with Gasteiger partial charge in [0.05, 0.1) is 31.4 Å². The Morgan fingerprint density at radius 1 is 1.14 bits per heavy atom. The summed E-state index contributed by atoms with van der Waals surface area (Å²) in [5.41, 5.74) is 2.69. The minimum absolute atomic E-state index is 0.107. The van der Waals surface area contributed by atoms with E-state index in [0.717, 1.165) is 22.2 Å². The zero-order valence-electron chi connectivity index (χ0n) is 16.2. The third-order valence-corrected chi connectivity index (χ3v) is 5.43. The fourth-order valence-corrected chi connectivity index (χ4v) is 3.66. The number of amides is 1. The molecule has 29 heavy (non-hydrogen) atoms. The number of carbonyl (C=O) groups excluding carboxylic acids is 1. The van der Waals surface area contributed by atoms with Gasteiger partial charge in [-0.05, 0) is 48.5 Å². The van der Waals surface area contributed by atoms with E-state index in [1.165, 1.54) is 11.8 Å². The standard InChI is InChI=1S/C21H22ClN3O3S/c1-27-12-11-25-19(15-3-9-18(28-2)10-4-15)13-23-21(25)29-14-20(26)24-17-7-5-16(22)6-8-17/h3-10,13H,11-12,14H2,1-2H3,(H,24,26). The van der Waals surface area contributed by atoms with Crippen molar-refractivity contribution in [2.24, 2.45) is 0 Å². The van der Waals surface area contributed by atoms with E-state index in [9.17, 15) is 4.79 Å². The topological polar surface area (TPSA) is 65.4 Å². The second-order valence-corrected chi connectivity index (χ2v) is 7.52. The maximum Gasteiger partial charge on any atom is 0.234 e. The van der Waals surface area contributed by atoms with E-state index >= 15 is 0 Å². The van der Waals surface area contributed by atoms with Crippen LogP contribution >= 0.6 is 23.4 Å². The van der Waals surface area contributed by atoms with E-state index in [0.29, 0.717) is 23.9 Å². The molecule has 1 N–H and O–H groups in total. The lowest BCUT2D eigenvalue weighted by atomic mass is 10.1. The average molecular weight is 432 g/mol. The minimum Gasteiger partial charge on any atom is -0.497 e. The number of thioether (sulfide) groups is 1. The van der Waals surface area contributed by atoms with Crippen molar-refractivity contribution < 1.29 is 14.3 Å². The summed E-state index contributed by atoms with van der Waals surface area (Å²) < 4.78 is 12.5. The van der Waals surface area contributed by atoms with Gasteiger partial charge in [0.2, 0.25) is 5.91 Å². The van der Waals surface area contributed by atoms with Crippen molar-refractivity contribution in [3.05, 3.63) is 59.8 Å². The van der Waals surface area contributed by atoms with Gasteiger partial charge in [-0.2, -0.15) is 0 Å². The molecule has 0 atom stereocenters. The van der Waals surface area contributed by atoms with Crippen molar-refractivity contribution in [2.75, 3.05) is 31.9 Å². The van der Waals surface area contributed by atoms with E-state index < -0.39 is 0 Å². The third kappa shape index (κ3) is 5.76. The Morgan fingerprint density at radius 2 is 1.86 bits per heavy atom. The summed E-state index contributed by atoms with van der Waals surface area (Å²) in [6.45, 7) is 1.18. The highest BCUT2D eigenvalue weighted by Gasteiger charge is 2.14. The molecule has 0 aliphatic rings. The summed E-state index contributed by atoms with van der Waals surface area (Å²) in [5, 5.41) is 4.25. The number of ether oxygens (including phenoxy) is 2. The van der Waals surface area contributed by atoms with Crippen molar-refractivity contribution in [1.82, 2.24) is 9.55 Å². The molecule has 6 nitrogen and oxygen atoms in total. The van der Waals surface area contributed by atoms with E-state index in [2.05, 4.69) is 14.9 Å². The minimum atomic E-state index is -0.107. The largest absolute Gasteiger partial charge is 0.497 e. The first kappa shape index (κ1) is 21.2. The SMILES string of the molecule is COCCn1c(-c2ccc(OC)cc2)cnc1SCC(=O)Nc1ccc(Cl)cc1. The van der Waals surface area contributed by atoms with Crippen LogP contribution in [0.15, 0.2) is 59.9 Å². The number of rotatable bonds is 9. The van der Waals surface area contributed by atoms with Crippen molar-refractivity contribution in [3.63, 3.8) is 0 Å². The van der Waals surface area contributed by atoms with Gasteiger partial charge in [0, 0.05) is 29.9 Å². The fraction of sp³-hybridized carbons (Fsp3) is 0.238. The Bertz CT molecular complexity index is 943. The Labute approximate surface area is 179 Å². The molecule has 152 valence electrons. The van der Waals surface area contributed by atoms with Crippen molar-refractivity contribution in [2.45, 2.75) is 11.7 Å². The molecule has 1 amide bonds. The zero-order valence-corrected chi connectivity index (χ0v) is 17.8. The van der Waals surface area contributed by atoms with Crippen LogP contribution in [0.3, 0.4) is 0 Å². The second kappa shape index (κ2) is 10.3. The van der Waals surface area contributed by atoms with Gasteiger partial charge < -0.3 is 19.4 Å². The molecule has 8 heteroatoms. The van der Waals surface area contributed by atoms with Crippen LogP contribution in [0.1, 0.15) is 0 Å². The number of hydrogen-bond donors (Lipinski definition) is 1. The van der Waals surface area contributed by atoms with Gasteiger partial charge in [0.25, 0.3) is 0 Å². The Morgan fingerprint density at radius 3 is 2.52 bits per heavy atom. The van der Waals surface area contributed by atoms with E-state index in [-0.39, 0.29) is 11.7 Å². The van der Waals surface area contributed by atoms with Crippen LogP contribution in [0.2, 0.25) is 5.02 Å². The predicted octanol–water partition coefficient (Wildman–Crippen LogP) is 4.59. The van der Waals surface area contributed by atoms with Crippen LogP contribution < -0.4 is 10.1 Å². The Balaban J connectivity index is 1.71. The van der Waals surface area contributed by atoms with Crippen LogP contribution in [0.4, 0.5) is 5.69 Å². The zero-order chi connectivity index (χ0) is 20.6. The van der Waals surface area contributed by atoms with Crippen LogP contribution in [0, 0.1) is 0 Å². The van der Waals surface area contributed by atoms with Crippen LogP contribution in [-0.4, -0.2) is 42.0 Å².